The first kappa shape index (κ1) is 20.6. The molecule has 2 N–H and O–H groups in total. The van der Waals surface area contributed by atoms with Crippen LogP contribution in [0, 0.1) is 11.3 Å². The lowest BCUT2D eigenvalue weighted by Crippen LogP contribution is -2.49. The second kappa shape index (κ2) is 8.30. The maximum atomic E-state index is 13.7. The van der Waals surface area contributed by atoms with Crippen LogP contribution in [0.15, 0.2) is 36.4 Å². The molecule has 1 atom stereocenters. The number of benzene rings is 1. The predicted octanol–water partition coefficient (Wildman–Crippen LogP) is 2.90. The fourth-order valence-corrected chi connectivity index (χ4v) is 5.73. The minimum Gasteiger partial charge on any atom is -0.489 e. The summed E-state index contributed by atoms with van der Waals surface area (Å²) in [7, 11) is 0. The molecule has 1 unspecified atom stereocenters. The number of hydrogen-bond donors (Lipinski definition) is 2. The zero-order chi connectivity index (χ0) is 21.3. The molecule has 1 aromatic rings. The summed E-state index contributed by atoms with van der Waals surface area (Å²) in [6.07, 6.45) is 10.7. The fourth-order valence-electron chi connectivity index (χ4n) is 5.73. The molecule has 4 aliphatic rings. The van der Waals surface area contributed by atoms with Gasteiger partial charge in [0.2, 0.25) is 5.91 Å². The quantitative estimate of drug-likeness (QED) is 0.630. The van der Waals surface area contributed by atoms with Crippen molar-refractivity contribution in [3.05, 3.63) is 42.0 Å². The second-order valence-electron chi connectivity index (χ2n) is 9.69. The molecular formula is C25H33N3O3. The maximum absolute atomic E-state index is 13.7. The molecule has 3 aliphatic heterocycles. The van der Waals surface area contributed by atoms with Crippen molar-refractivity contribution >= 4 is 11.8 Å². The number of piperidine rings is 1. The summed E-state index contributed by atoms with van der Waals surface area (Å²) >= 11 is 0. The van der Waals surface area contributed by atoms with Crippen molar-refractivity contribution in [2.45, 2.75) is 50.5 Å². The van der Waals surface area contributed by atoms with E-state index >= 15 is 0 Å². The van der Waals surface area contributed by atoms with E-state index in [9.17, 15) is 9.59 Å². The molecule has 0 radical (unpaired) electrons. The number of carbonyl (C=O) groups is 2. The highest BCUT2D eigenvalue weighted by Crippen LogP contribution is 2.48. The standard InChI is InChI=1S/C25H33N3O3/c29-22-20-6-2-3-7-21(20)31-17-5-1-4-9-24(12-14-26-15-13-24)23(30)28-16-8-19(18-28)25(27-22)10-11-25/h1-3,5-7,19,26H,4,8-18H2,(H,27,29)/b5-1+. The van der Waals surface area contributed by atoms with Gasteiger partial charge < -0.3 is 20.3 Å². The average Bonchev–Trinajstić information content (AvgIpc) is 3.40. The van der Waals surface area contributed by atoms with Crippen LogP contribution < -0.4 is 15.4 Å². The molecule has 1 aromatic carbocycles. The van der Waals surface area contributed by atoms with E-state index in [1.165, 1.54) is 0 Å². The van der Waals surface area contributed by atoms with Crippen LogP contribution in [-0.4, -0.2) is 55.0 Å². The van der Waals surface area contributed by atoms with Gasteiger partial charge in [0.1, 0.15) is 12.4 Å². The topological polar surface area (TPSA) is 70.7 Å². The number of allylic oxidation sites excluding steroid dienone is 1. The highest BCUT2D eigenvalue weighted by molar-refractivity contribution is 5.97. The number of fused-ring (bicyclic) bond motifs is 4. The van der Waals surface area contributed by atoms with Gasteiger partial charge in [-0.25, -0.2) is 0 Å². The summed E-state index contributed by atoms with van der Waals surface area (Å²) in [4.78, 5) is 28.9. The molecular weight excluding hydrogens is 390 g/mol. The van der Waals surface area contributed by atoms with Gasteiger partial charge in [-0.15, -0.1) is 0 Å². The van der Waals surface area contributed by atoms with Crippen LogP contribution >= 0.6 is 0 Å². The number of carbonyl (C=O) groups excluding carboxylic acids is 2. The molecule has 166 valence electrons. The molecule has 0 aromatic heterocycles. The van der Waals surface area contributed by atoms with E-state index in [0.29, 0.717) is 29.7 Å². The Morgan fingerprint density at radius 1 is 1.00 bits per heavy atom. The number of amides is 2. The summed E-state index contributed by atoms with van der Waals surface area (Å²) in [5.41, 5.74) is 0.167. The van der Waals surface area contributed by atoms with Gasteiger partial charge in [0, 0.05) is 24.5 Å². The SMILES string of the molecule is O=C1NC2(CC2)C2CCN(C2)C(=O)C2(CC/C=C/COc3ccccc31)CCNCC2. The maximum Gasteiger partial charge on any atom is 0.255 e. The number of nitrogens with zero attached hydrogens (tertiary/aromatic N) is 1. The van der Waals surface area contributed by atoms with Gasteiger partial charge in [0.25, 0.3) is 5.91 Å². The summed E-state index contributed by atoms with van der Waals surface area (Å²) in [5, 5.41) is 6.76. The number of hydrogen-bond acceptors (Lipinski definition) is 4. The lowest BCUT2D eigenvalue weighted by molar-refractivity contribution is -0.143. The first-order valence-electron chi connectivity index (χ1n) is 11.8. The van der Waals surface area contributed by atoms with Crippen LogP contribution in [0.1, 0.15) is 55.3 Å². The van der Waals surface area contributed by atoms with Gasteiger partial charge >= 0.3 is 0 Å². The van der Waals surface area contributed by atoms with Gasteiger partial charge in [-0.2, -0.15) is 0 Å². The first-order valence-corrected chi connectivity index (χ1v) is 11.8. The summed E-state index contributed by atoms with van der Waals surface area (Å²) in [6.45, 7) is 3.82. The molecule has 5 rings (SSSR count). The van der Waals surface area contributed by atoms with Crippen LogP contribution in [0.25, 0.3) is 0 Å². The van der Waals surface area contributed by atoms with Crippen molar-refractivity contribution in [3.8, 4) is 5.75 Å². The lowest BCUT2D eigenvalue weighted by atomic mass is 9.74. The molecule has 3 fully saturated rings. The molecule has 2 amide bonds. The minimum absolute atomic E-state index is 0.0659. The Balaban J connectivity index is 1.43. The molecule has 2 saturated heterocycles. The number of ether oxygens (including phenoxy) is 1. The van der Waals surface area contributed by atoms with Crippen molar-refractivity contribution in [1.82, 2.24) is 15.5 Å². The monoisotopic (exact) mass is 423 g/mol. The Hall–Kier alpha value is -2.34. The van der Waals surface area contributed by atoms with Gasteiger partial charge in [-0.05, 0) is 70.2 Å². The van der Waals surface area contributed by atoms with E-state index < -0.39 is 0 Å². The molecule has 2 bridgehead atoms. The number of rotatable bonds is 0. The summed E-state index contributed by atoms with van der Waals surface area (Å²) in [6, 6.07) is 7.48. The van der Waals surface area contributed by atoms with Gasteiger partial charge in [0.05, 0.1) is 11.0 Å². The van der Waals surface area contributed by atoms with Gasteiger partial charge in [-0.3, -0.25) is 9.59 Å². The summed E-state index contributed by atoms with van der Waals surface area (Å²) < 4.78 is 5.93. The molecule has 31 heavy (non-hydrogen) atoms. The van der Waals surface area contributed by atoms with E-state index in [0.717, 1.165) is 71.1 Å². The molecule has 6 heteroatoms. The van der Waals surface area contributed by atoms with E-state index in [1.54, 1.807) is 0 Å². The molecule has 3 heterocycles. The van der Waals surface area contributed by atoms with Crippen molar-refractivity contribution in [2.75, 3.05) is 32.8 Å². The Morgan fingerprint density at radius 2 is 1.81 bits per heavy atom. The Morgan fingerprint density at radius 3 is 2.61 bits per heavy atom. The highest BCUT2D eigenvalue weighted by Gasteiger charge is 2.54. The third-order valence-corrected chi connectivity index (χ3v) is 7.85. The van der Waals surface area contributed by atoms with E-state index in [1.807, 2.05) is 30.3 Å². The molecule has 1 aliphatic carbocycles. The van der Waals surface area contributed by atoms with Crippen molar-refractivity contribution in [1.29, 1.82) is 0 Å². The zero-order valence-corrected chi connectivity index (χ0v) is 18.2. The largest absolute Gasteiger partial charge is 0.489 e. The minimum atomic E-state index is -0.255. The van der Waals surface area contributed by atoms with Gasteiger partial charge in [0.15, 0.2) is 0 Å². The Kier molecular flexibility index (Phi) is 5.51. The number of nitrogens with one attached hydrogen (secondary N) is 2. The average molecular weight is 424 g/mol. The van der Waals surface area contributed by atoms with E-state index in [4.69, 9.17) is 4.74 Å². The normalized spacial score (nSPS) is 28.6. The van der Waals surface area contributed by atoms with Crippen LogP contribution in [0.5, 0.6) is 5.75 Å². The van der Waals surface area contributed by atoms with Crippen molar-refractivity contribution in [3.63, 3.8) is 0 Å². The van der Waals surface area contributed by atoms with Crippen LogP contribution in [0.4, 0.5) is 0 Å². The molecule has 2 spiro atoms. The van der Waals surface area contributed by atoms with Crippen LogP contribution in [0.3, 0.4) is 0 Å². The van der Waals surface area contributed by atoms with Crippen LogP contribution in [-0.2, 0) is 4.79 Å². The van der Waals surface area contributed by atoms with E-state index in [-0.39, 0.29) is 16.9 Å². The fraction of sp³-hybridized carbons (Fsp3) is 0.600. The zero-order valence-electron chi connectivity index (χ0n) is 18.2. The van der Waals surface area contributed by atoms with Gasteiger partial charge in [-0.1, -0.05) is 24.3 Å². The lowest BCUT2D eigenvalue weighted by Gasteiger charge is -2.39. The summed E-state index contributed by atoms with van der Waals surface area (Å²) in [5.74, 6) is 1.23. The third kappa shape index (κ3) is 3.98. The molecule has 1 saturated carbocycles. The number of para-hydroxylation sites is 1. The Labute approximate surface area is 184 Å². The second-order valence-corrected chi connectivity index (χ2v) is 9.69. The smallest absolute Gasteiger partial charge is 0.255 e. The third-order valence-electron chi connectivity index (χ3n) is 7.85. The highest BCUT2D eigenvalue weighted by atomic mass is 16.5. The van der Waals surface area contributed by atoms with Crippen molar-refractivity contribution in [2.24, 2.45) is 11.3 Å². The van der Waals surface area contributed by atoms with E-state index in [2.05, 4.69) is 21.6 Å². The molecule has 6 nitrogen and oxygen atoms in total. The Bertz CT molecular complexity index is 871. The predicted molar refractivity (Wildman–Crippen MR) is 119 cm³/mol. The van der Waals surface area contributed by atoms with Crippen molar-refractivity contribution < 1.29 is 14.3 Å². The van der Waals surface area contributed by atoms with Crippen LogP contribution in [0.2, 0.25) is 0 Å². The first-order chi connectivity index (χ1) is 15.1.